The van der Waals surface area contributed by atoms with Crippen molar-refractivity contribution in [3.8, 4) is 6.07 Å². The van der Waals surface area contributed by atoms with Gasteiger partial charge >= 0.3 is 6.03 Å². The van der Waals surface area contributed by atoms with Crippen molar-refractivity contribution in [2.24, 2.45) is 5.41 Å². The number of nitriles is 1. The molecule has 3 amide bonds. The Hall–Kier alpha value is -4.35. The van der Waals surface area contributed by atoms with Crippen LogP contribution in [-0.2, 0) is 6.42 Å². The smallest absolute Gasteiger partial charge is 0.319 e. The number of hydrogen-bond donors (Lipinski definition) is 4. The number of urea groups is 1. The summed E-state index contributed by atoms with van der Waals surface area (Å²) in [4.78, 5) is 27.9. The molecular weight excluding hydrogens is 476 g/mol. The zero-order chi connectivity index (χ0) is 27.7. The molecule has 0 aliphatic rings. The lowest BCUT2D eigenvalue weighted by atomic mass is 9.83. The Balaban J connectivity index is 1.76. The number of nitrogens with one attached hydrogen (secondary N) is 3. The summed E-state index contributed by atoms with van der Waals surface area (Å²) in [5.74, 6) is -0.260. The number of amides is 3. The lowest BCUT2D eigenvalue weighted by Crippen LogP contribution is -2.37. The fraction of sp³-hybridized carbons (Fsp3) is 0.300. The summed E-state index contributed by atoms with van der Waals surface area (Å²) in [6, 6.07) is 23.1. The molecule has 0 fully saturated rings. The molecule has 8 nitrogen and oxygen atoms in total. The van der Waals surface area contributed by atoms with E-state index in [0.29, 0.717) is 35.5 Å². The van der Waals surface area contributed by atoms with Crippen LogP contribution in [0.25, 0.3) is 0 Å². The van der Waals surface area contributed by atoms with Crippen LogP contribution in [0.15, 0.2) is 72.8 Å². The van der Waals surface area contributed by atoms with Gasteiger partial charge in [-0.2, -0.15) is 5.26 Å². The van der Waals surface area contributed by atoms with Crippen LogP contribution in [0.5, 0.6) is 0 Å². The van der Waals surface area contributed by atoms with Gasteiger partial charge in [0.15, 0.2) is 0 Å². The summed E-state index contributed by atoms with van der Waals surface area (Å²) in [5, 5.41) is 17.7. The third kappa shape index (κ3) is 8.36. The Morgan fingerprint density at radius 3 is 2.24 bits per heavy atom. The summed E-state index contributed by atoms with van der Waals surface area (Å²) < 4.78 is 0. The van der Waals surface area contributed by atoms with Crippen LogP contribution < -0.4 is 21.7 Å². The van der Waals surface area contributed by atoms with Crippen molar-refractivity contribution in [1.29, 1.82) is 5.26 Å². The van der Waals surface area contributed by atoms with E-state index in [-0.39, 0.29) is 23.4 Å². The van der Waals surface area contributed by atoms with Gasteiger partial charge in [-0.05, 0) is 73.5 Å². The van der Waals surface area contributed by atoms with E-state index in [4.69, 9.17) is 11.0 Å². The first-order valence-corrected chi connectivity index (χ1v) is 12.5. The molecule has 198 valence electrons. The van der Waals surface area contributed by atoms with E-state index in [1.54, 1.807) is 36.4 Å². The van der Waals surface area contributed by atoms with Crippen molar-refractivity contribution in [2.45, 2.75) is 32.7 Å². The van der Waals surface area contributed by atoms with Gasteiger partial charge < -0.3 is 26.6 Å². The van der Waals surface area contributed by atoms with E-state index in [0.717, 1.165) is 17.7 Å². The summed E-state index contributed by atoms with van der Waals surface area (Å²) in [7, 11) is 4.06. The van der Waals surface area contributed by atoms with Gasteiger partial charge in [0.1, 0.15) is 0 Å². The molecule has 1 unspecified atom stereocenters. The highest BCUT2D eigenvalue weighted by Gasteiger charge is 2.27. The molecule has 38 heavy (non-hydrogen) atoms. The number of nitrogens with zero attached hydrogens (tertiary/aromatic N) is 2. The molecule has 3 aromatic carbocycles. The van der Waals surface area contributed by atoms with Gasteiger partial charge in [-0.25, -0.2) is 4.79 Å². The van der Waals surface area contributed by atoms with Gasteiger partial charge in [-0.15, -0.1) is 0 Å². The number of nitrogen functional groups attached to an aromatic ring is 1. The van der Waals surface area contributed by atoms with Crippen molar-refractivity contribution < 1.29 is 9.59 Å². The Kier molecular flexibility index (Phi) is 9.47. The van der Waals surface area contributed by atoms with E-state index in [1.807, 2.05) is 50.5 Å². The molecule has 3 rings (SSSR count). The van der Waals surface area contributed by atoms with Gasteiger partial charge in [0.2, 0.25) is 0 Å². The minimum atomic E-state index is -0.329. The normalized spacial score (nSPS) is 11.9. The molecule has 0 saturated heterocycles. The number of hydrogen-bond acceptors (Lipinski definition) is 5. The highest BCUT2D eigenvalue weighted by molar-refractivity contribution is 6.05. The maximum absolute atomic E-state index is 13.0. The first-order chi connectivity index (χ1) is 18.1. The number of nitrogens with two attached hydrogens (primary N) is 1. The molecule has 8 heteroatoms. The fourth-order valence-corrected chi connectivity index (χ4v) is 4.52. The number of carbonyl (C=O) groups is 2. The first-order valence-electron chi connectivity index (χ1n) is 12.5. The molecule has 0 spiro atoms. The van der Waals surface area contributed by atoms with Crippen LogP contribution in [-0.4, -0.2) is 37.5 Å². The quantitative estimate of drug-likeness (QED) is 0.270. The summed E-state index contributed by atoms with van der Waals surface area (Å²) in [6.45, 7) is 5.17. The largest absolute Gasteiger partial charge is 0.397 e. The Morgan fingerprint density at radius 2 is 1.63 bits per heavy atom. The monoisotopic (exact) mass is 512 g/mol. The maximum atomic E-state index is 13.0. The second-order valence-corrected chi connectivity index (χ2v) is 10.5. The molecule has 0 aliphatic heterocycles. The minimum Gasteiger partial charge on any atom is -0.397 e. The Morgan fingerprint density at radius 1 is 0.974 bits per heavy atom. The standard InChI is InChI=1S/C30H36N6O2/c1-30(2,20-36(3)4)19-27(35-29(38)33-24-15-9-21(10-16-24)17-18-31)22-11-13-23(14-12-22)28(37)34-26-8-6-5-7-25(26)32/h5-16,27H,17,19-20,32H2,1-4H3,(H,34,37)(H2,33,35,38). The van der Waals surface area contributed by atoms with Crippen LogP contribution in [0.1, 0.15) is 47.8 Å². The van der Waals surface area contributed by atoms with Crippen molar-refractivity contribution in [1.82, 2.24) is 10.2 Å². The Bertz CT molecular complexity index is 1280. The van der Waals surface area contributed by atoms with E-state index >= 15 is 0 Å². The van der Waals surface area contributed by atoms with Crippen LogP contribution in [0.4, 0.5) is 21.9 Å². The van der Waals surface area contributed by atoms with Crippen LogP contribution >= 0.6 is 0 Å². The fourth-order valence-electron chi connectivity index (χ4n) is 4.52. The molecule has 3 aromatic rings. The lowest BCUT2D eigenvalue weighted by molar-refractivity contribution is 0.102. The van der Waals surface area contributed by atoms with Crippen molar-refractivity contribution in [2.75, 3.05) is 37.0 Å². The molecule has 5 N–H and O–H groups in total. The summed E-state index contributed by atoms with van der Waals surface area (Å²) >= 11 is 0. The van der Waals surface area contributed by atoms with Gasteiger partial charge in [0.05, 0.1) is 29.9 Å². The van der Waals surface area contributed by atoms with Crippen molar-refractivity contribution in [3.05, 3.63) is 89.5 Å². The zero-order valence-electron chi connectivity index (χ0n) is 22.4. The molecule has 0 aliphatic carbocycles. The topological polar surface area (TPSA) is 123 Å². The number of carbonyl (C=O) groups excluding carboxylic acids is 2. The Labute approximate surface area is 224 Å². The molecule has 0 aromatic heterocycles. The molecule has 0 heterocycles. The van der Waals surface area contributed by atoms with Gasteiger partial charge in [0.25, 0.3) is 5.91 Å². The molecule has 0 saturated carbocycles. The maximum Gasteiger partial charge on any atom is 0.319 e. The predicted molar refractivity (Wildman–Crippen MR) is 153 cm³/mol. The SMILES string of the molecule is CN(C)CC(C)(C)CC(NC(=O)Nc1ccc(CC#N)cc1)c1ccc(C(=O)Nc2ccccc2N)cc1. The van der Waals surface area contributed by atoms with E-state index in [9.17, 15) is 9.59 Å². The van der Waals surface area contributed by atoms with Gasteiger partial charge in [-0.1, -0.05) is 50.2 Å². The zero-order valence-corrected chi connectivity index (χ0v) is 22.4. The predicted octanol–water partition coefficient (Wildman–Crippen LogP) is 5.43. The molecular formula is C30H36N6O2. The van der Waals surface area contributed by atoms with Crippen molar-refractivity contribution >= 4 is 29.0 Å². The van der Waals surface area contributed by atoms with Gasteiger partial charge in [0, 0.05) is 17.8 Å². The number of rotatable bonds is 10. The van der Waals surface area contributed by atoms with Gasteiger partial charge in [-0.3, -0.25) is 4.79 Å². The minimum absolute atomic E-state index is 0.0960. The van der Waals surface area contributed by atoms with E-state index in [2.05, 4.69) is 40.8 Å². The summed E-state index contributed by atoms with van der Waals surface area (Å²) in [5.41, 5.74) is 9.83. The average Bonchev–Trinajstić information content (AvgIpc) is 2.85. The molecule has 0 bridgehead atoms. The van der Waals surface area contributed by atoms with Crippen LogP contribution in [0.3, 0.4) is 0 Å². The summed E-state index contributed by atoms with van der Waals surface area (Å²) in [6.07, 6.45) is 1.01. The first kappa shape index (κ1) is 28.2. The third-order valence-corrected chi connectivity index (χ3v) is 6.09. The molecule has 0 radical (unpaired) electrons. The average molecular weight is 513 g/mol. The highest BCUT2D eigenvalue weighted by atomic mass is 16.2. The van der Waals surface area contributed by atoms with E-state index < -0.39 is 0 Å². The number of benzene rings is 3. The second kappa shape index (κ2) is 12.7. The van der Waals surface area contributed by atoms with E-state index in [1.165, 1.54) is 0 Å². The lowest BCUT2D eigenvalue weighted by Gasteiger charge is -2.33. The molecule has 1 atom stereocenters. The van der Waals surface area contributed by atoms with Crippen LogP contribution in [0, 0.1) is 16.7 Å². The number of para-hydroxylation sites is 2. The highest BCUT2D eigenvalue weighted by Crippen LogP contribution is 2.31. The van der Waals surface area contributed by atoms with Crippen molar-refractivity contribution in [3.63, 3.8) is 0 Å². The number of anilines is 3. The van der Waals surface area contributed by atoms with Crippen LogP contribution in [0.2, 0.25) is 0 Å². The third-order valence-electron chi connectivity index (χ3n) is 6.09. The second-order valence-electron chi connectivity index (χ2n) is 10.5.